The summed E-state index contributed by atoms with van der Waals surface area (Å²) < 4.78 is 6.27. The fraction of sp³-hybridized carbons (Fsp3) is 1.00. The van der Waals surface area contributed by atoms with Gasteiger partial charge in [0.1, 0.15) is 0 Å². The SMILES string of the molecule is C[Si](C)(C)[N]([Pb][N]([Si](C)(C)C)[Si](C)(C)C)[Si](C)(C)C. The van der Waals surface area contributed by atoms with E-state index in [-0.39, 0.29) is 0 Å². The van der Waals surface area contributed by atoms with Crippen LogP contribution in [0.4, 0.5) is 0 Å². The summed E-state index contributed by atoms with van der Waals surface area (Å²) in [7, 11) is -4.63. The Hall–Kier alpha value is 1.71. The van der Waals surface area contributed by atoms with Crippen molar-refractivity contribution in [2.45, 2.75) is 78.6 Å². The third kappa shape index (κ3) is 7.00. The molecule has 0 bridgehead atoms. The van der Waals surface area contributed by atoms with Crippen LogP contribution in [0.15, 0.2) is 0 Å². The molecular weight excluding hydrogens is 492 g/mol. The zero-order chi connectivity index (χ0) is 15.9. The van der Waals surface area contributed by atoms with Gasteiger partial charge in [0.25, 0.3) is 0 Å². The van der Waals surface area contributed by atoms with E-state index in [1.807, 2.05) is 0 Å². The summed E-state index contributed by atoms with van der Waals surface area (Å²) in [6.45, 7) is 30.7. The first-order chi connectivity index (χ1) is 7.97. The van der Waals surface area contributed by atoms with E-state index in [0.717, 1.165) is 0 Å². The van der Waals surface area contributed by atoms with Gasteiger partial charge < -0.3 is 0 Å². The number of hydrogen-bond acceptors (Lipinski definition) is 2. The molecule has 0 aliphatic rings. The van der Waals surface area contributed by atoms with Crippen molar-refractivity contribution in [2.75, 3.05) is 0 Å². The molecule has 0 saturated heterocycles. The zero-order valence-corrected chi connectivity index (χ0v) is 23.3. The topological polar surface area (TPSA) is 6.48 Å². The molecular formula is C12H36N2PbSi4. The number of nitrogens with zero attached hydrogens (tertiary/aromatic N) is 2. The van der Waals surface area contributed by atoms with Crippen molar-refractivity contribution in [3.05, 3.63) is 0 Å². The van der Waals surface area contributed by atoms with Crippen LogP contribution in [0, 0.1) is 0 Å². The van der Waals surface area contributed by atoms with E-state index < -0.39 is 57.8 Å². The predicted molar refractivity (Wildman–Crippen MR) is 103 cm³/mol. The van der Waals surface area contributed by atoms with Gasteiger partial charge in [-0.1, -0.05) is 0 Å². The van der Waals surface area contributed by atoms with Crippen LogP contribution in [0.5, 0.6) is 0 Å². The van der Waals surface area contributed by atoms with E-state index in [0.29, 0.717) is 0 Å². The molecule has 7 heteroatoms. The van der Waals surface area contributed by atoms with Gasteiger partial charge in [0.05, 0.1) is 0 Å². The molecule has 0 heterocycles. The van der Waals surface area contributed by atoms with E-state index in [2.05, 4.69) is 82.6 Å². The predicted octanol–water partition coefficient (Wildman–Crippen LogP) is 4.46. The maximum absolute atomic E-state index is 3.14. The fourth-order valence-electron chi connectivity index (χ4n) is 2.71. The number of rotatable bonds is 6. The third-order valence-electron chi connectivity index (χ3n) is 2.88. The van der Waals surface area contributed by atoms with Crippen molar-refractivity contribution >= 4 is 57.8 Å². The second-order valence-corrected chi connectivity index (χ2v) is 40.7. The molecule has 2 radical (unpaired) electrons. The van der Waals surface area contributed by atoms with Gasteiger partial charge in [-0.25, -0.2) is 0 Å². The van der Waals surface area contributed by atoms with E-state index in [9.17, 15) is 0 Å². The molecule has 114 valence electrons. The molecule has 0 aromatic rings. The van der Waals surface area contributed by atoms with Crippen molar-refractivity contribution in [1.29, 1.82) is 0 Å². The molecule has 0 aromatic heterocycles. The first-order valence-electron chi connectivity index (χ1n) is 7.34. The minimum absolute atomic E-state index is 0.863. The first kappa shape index (κ1) is 20.7. The van der Waals surface area contributed by atoms with Gasteiger partial charge in [0, 0.05) is 0 Å². The quantitative estimate of drug-likeness (QED) is 0.471. The van der Waals surface area contributed by atoms with Crippen LogP contribution < -0.4 is 0 Å². The molecule has 0 rings (SSSR count). The average molecular weight is 528 g/mol. The zero-order valence-electron chi connectivity index (χ0n) is 15.4. The molecule has 0 N–H and O–H groups in total. The standard InChI is InChI=1S/2C6H18NSi2.Pb/c2*1-8(2,3)7-9(4,5)6;/h2*1-6H3;/q2*-1;+2. The number of hydrogen-bond donors (Lipinski definition) is 0. The Labute approximate surface area is 139 Å². The van der Waals surface area contributed by atoms with Crippen LogP contribution >= 0.6 is 0 Å². The Morgan fingerprint density at radius 1 is 0.421 bits per heavy atom. The van der Waals surface area contributed by atoms with Gasteiger partial charge >= 0.3 is 140 Å². The van der Waals surface area contributed by atoms with Crippen molar-refractivity contribution in [2.24, 2.45) is 0 Å². The minimum atomic E-state index is -1.16. The molecule has 19 heavy (non-hydrogen) atoms. The summed E-state index contributed by atoms with van der Waals surface area (Å²) >= 11 is -0.863. The van der Waals surface area contributed by atoms with Gasteiger partial charge in [-0.2, -0.15) is 0 Å². The monoisotopic (exact) mass is 528 g/mol. The van der Waals surface area contributed by atoms with E-state index in [1.165, 1.54) is 0 Å². The van der Waals surface area contributed by atoms with Crippen LogP contribution in [0.2, 0.25) is 78.6 Å². The van der Waals surface area contributed by atoms with Crippen molar-refractivity contribution < 1.29 is 0 Å². The fourth-order valence-corrected chi connectivity index (χ4v) is 41.8. The Morgan fingerprint density at radius 3 is 0.684 bits per heavy atom. The molecule has 0 aromatic carbocycles. The molecule has 0 fully saturated rings. The molecule has 0 saturated carbocycles. The summed E-state index contributed by atoms with van der Waals surface area (Å²) in [5.74, 6) is 0. The molecule has 0 unspecified atom stereocenters. The van der Waals surface area contributed by atoms with Gasteiger partial charge in [-0.3, -0.25) is 0 Å². The Bertz CT molecular complexity index is 239. The molecule has 0 aliphatic heterocycles. The van der Waals surface area contributed by atoms with E-state index in [1.54, 1.807) is 0 Å². The van der Waals surface area contributed by atoms with Crippen molar-refractivity contribution in [3.8, 4) is 0 Å². The summed E-state index contributed by atoms with van der Waals surface area (Å²) in [6.07, 6.45) is 0. The second-order valence-electron chi connectivity index (χ2n) is 9.45. The van der Waals surface area contributed by atoms with Crippen LogP contribution in [-0.4, -0.2) is 61.9 Å². The van der Waals surface area contributed by atoms with E-state index in [4.69, 9.17) is 0 Å². The average Bonchev–Trinajstić information content (AvgIpc) is 1.91. The summed E-state index contributed by atoms with van der Waals surface area (Å²) in [5, 5.41) is 0. The normalized spacial score (nSPS) is 15.5. The molecule has 0 aliphatic carbocycles. The van der Waals surface area contributed by atoms with Gasteiger partial charge in [-0.05, 0) is 0 Å². The van der Waals surface area contributed by atoms with Gasteiger partial charge in [-0.15, -0.1) is 0 Å². The third-order valence-corrected chi connectivity index (χ3v) is 52.7. The van der Waals surface area contributed by atoms with Gasteiger partial charge in [0.15, 0.2) is 0 Å². The first-order valence-corrected chi connectivity index (χ1v) is 24.6. The summed E-state index contributed by atoms with van der Waals surface area (Å²) in [5.41, 5.74) is 0. The summed E-state index contributed by atoms with van der Waals surface area (Å²) in [4.78, 5) is 0. The Morgan fingerprint density at radius 2 is 0.579 bits per heavy atom. The van der Waals surface area contributed by atoms with Crippen LogP contribution in [0.25, 0.3) is 0 Å². The second kappa shape index (κ2) is 6.45. The van der Waals surface area contributed by atoms with Crippen LogP contribution in [0.1, 0.15) is 0 Å². The van der Waals surface area contributed by atoms with Gasteiger partial charge in [0.2, 0.25) is 0 Å². The van der Waals surface area contributed by atoms with Crippen LogP contribution in [0.3, 0.4) is 0 Å². The van der Waals surface area contributed by atoms with Crippen molar-refractivity contribution in [3.63, 3.8) is 0 Å². The molecule has 0 amide bonds. The molecule has 0 atom stereocenters. The van der Waals surface area contributed by atoms with Crippen LogP contribution in [-0.2, 0) is 0 Å². The Balaban J connectivity index is 5.43. The maximum atomic E-state index is 3.14. The molecule has 2 nitrogen and oxygen atoms in total. The summed E-state index contributed by atoms with van der Waals surface area (Å²) in [6, 6.07) is 0. The molecule has 0 spiro atoms. The Kier molecular flexibility index (Phi) is 7.03. The van der Waals surface area contributed by atoms with E-state index >= 15 is 0 Å². The van der Waals surface area contributed by atoms with Crippen molar-refractivity contribution in [1.82, 2.24) is 4.08 Å².